The van der Waals surface area contributed by atoms with Crippen LogP contribution in [-0.2, 0) is 15.4 Å². The average Bonchev–Trinajstić information content (AvgIpc) is 2.53. The minimum absolute atomic E-state index is 0.0450. The third kappa shape index (κ3) is 4.58. The van der Waals surface area contributed by atoms with Crippen LogP contribution in [0.3, 0.4) is 0 Å². The van der Waals surface area contributed by atoms with Crippen molar-refractivity contribution in [1.29, 1.82) is 0 Å². The molecule has 2 rings (SSSR count). The van der Waals surface area contributed by atoms with Crippen molar-refractivity contribution in [3.63, 3.8) is 0 Å². The first-order chi connectivity index (χ1) is 11.5. The van der Waals surface area contributed by atoms with Crippen LogP contribution < -0.4 is 15.2 Å². The molecule has 0 fully saturated rings. The van der Waals surface area contributed by atoms with Gasteiger partial charge in [-0.15, -0.1) is 0 Å². The number of nitrogens with two attached hydrogens (primary N) is 1. The van der Waals surface area contributed by atoms with Crippen molar-refractivity contribution in [2.24, 2.45) is 5.14 Å². The number of rotatable bonds is 4. The molecule has 1 amide bonds. The van der Waals surface area contributed by atoms with Crippen LogP contribution in [-0.4, -0.2) is 21.4 Å². The molecule has 0 spiro atoms. The molecule has 3 N–H and O–H groups in total. The summed E-state index contributed by atoms with van der Waals surface area (Å²) in [6.45, 7) is 6.23. The molecular formula is C18H22N2O4S. The number of amides is 1. The zero-order valence-corrected chi connectivity index (χ0v) is 15.5. The predicted octanol–water partition coefficient (Wildman–Crippen LogP) is 2.89. The van der Waals surface area contributed by atoms with E-state index in [-0.39, 0.29) is 16.2 Å². The van der Waals surface area contributed by atoms with Crippen molar-refractivity contribution in [3.8, 4) is 5.75 Å². The molecule has 0 bridgehead atoms. The fourth-order valence-electron chi connectivity index (χ4n) is 2.26. The molecule has 0 saturated carbocycles. The summed E-state index contributed by atoms with van der Waals surface area (Å²) >= 11 is 0. The van der Waals surface area contributed by atoms with Crippen LogP contribution >= 0.6 is 0 Å². The molecule has 2 aromatic carbocycles. The van der Waals surface area contributed by atoms with Gasteiger partial charge in [-0.25, -0.2) is 13.6 Å². The molecule has 134 valence electrons. The molecule has 0 aromatic heterocycles. The van der Waals surface area contributed by atoms with Gasteiger partial charge >= 0.3 is 0 Å². The van der Waals surface area contributed by atoms with Gasteiger partial charge in [-0.1, -0.05) is 26.8 Å². The first-order valence-electron chi connectivity index (χ1n) is 7.65. The lowest BCUT2D eigenvalue weighted by atomic mass is 9.87. The van der Waals surface area contributed by atoms with E-state index in [1.165, 1.54) is 31.4 Å². The van der Waals surface area contributed by atoms with Crippen LogP contribution in [0, 0.1) is 0 Å². The quantitative estimate of drug-likeness (QED) is 0.873. The number of nitrogens with one attached hydrogen (secondary N) is 1. The van der Waals surface area contributed by atoms with Crippen molar-refractivity contribution in [2.75, 3.05) is 12.4 Å². The number of carbonyl (C=O) groups excluding carboxylic acids is 1. The van der Waals surface area contributed by atoms with Crippen LogP contribution in [0.5, 0.6) is 5.75 Å². The van der Waals surface area contributed by atoms with Gasteiger partial charge in [-0.05, 0) is 47.4 Å². The number of carbonyl (C=O) groups is 1. The molecular weight excluding hydrogens is 340 g/mol. The maximum absolute atomic E-state index is 12.5. The van der Waals surface area contributed by atoms with E-state index in [1.54, 1.807) is 6.07 Å². The monoisotopic (exact) mass is 362 g/mol. The minimum Gasteiger partial charge on any atom is -0.495 e. The maximum atomic E-state index is 12.5. The van der Waals surface area contributed by atoms with Gasteiger partial charge in [0.2, 0.25) is 10.0 Å². The van der Waals surface area contributed by atoms with Gasteiger partial charge < -0.3 is 10.1 Å². The third-order valence-corrected chi connectivity index (χ3v) is 4.69. The molecule has 0 aliphatic rings. The molecule has 0 saturated heterocycles. The number of methoxy groups -OCH3 is 1. The van der Waals surface area contributed by atoms with Gasteiger partial charge in [0.1, 0.15) is 5.75 Å². The molecule has 2 aromatic rings. The Morgan fingerprint density at radius 3 is 2.16 bits per heavy atom. The molecule has 7 heteroatoms. The first kappa shape index (κ1) is 19.0. The van der Waals surface area contributed by atoms with E-state index in [1.807, 2.05) is 12.1 Å². The van der Waals surface area contributed by atoms with Crippen LogP contribution in [0.1, 0.15) is 36.7 Å². The molecule has 0 radical (unpaired) electrons. The van der Waals surface area contributed by atoms with E-state index in [0.29, 0.717) is 17.0 Å². The molecule has 0 aliphatic heterocycles. The van der Waals surface area contributed by atoms with Crippen LogP contribution in [0.15, 0.2) is 47.4 Å². The number of sulfonamides is 1. The lowest BCUT2D eigenvalue weighted by Gasteiger charge is -2.21. The van der Waals surface area contributed by atoms with Gasteiger partial charge in [0, 0.05) is 5.56 Å². The van der Waals surface area contributed by atoms with Gasteiger partial charge in [0.15, 0.2) is 0 Å². The van der Waals surface area contributed by atoms with E-state index in [4.69, 9.17) is 9.88 Å². The van der Waals surface area contributed by atoms with E-state index in [9.17, 15) is 13.2 Å². The minimum atomic E-state index is -3.79. The summed E-state index contributed by atoms with van der Waals surface area (Å²) in [5, 5.41) is 7.86. The highest BCUT2D eigenvalue weighted by Gasteiger charge is 2.18. The van der Waals surface area contributed by atoms with Crippen molar-refractivity contribution >= 4 is 21.6 Å². The van der Waals surface area contributed by atoms with E-state index < -0.39 is 10.0 Å². The van der Waals surface area contributed by atoms with Gasteiger partial charge in [0.25, 0.3) is 5.91 Å². The summed E-state index contributed by atoms with van der Waals surface area (Å²) in [7, 11) is -2.26. The molecule has 25 heavy (non-hydrogen) atoms. The highest BCUT2D eigenvalue weighted by molar-refractivity contribution is 7.89. The van der Waals surface area contributed by atoms with E-state index in [0.717, 1.165) is 5.56 Å². The molecule has 6 nitrogen and oxygen atoms in total. The third-order valence-electron chi connectivity index (χ3n) is 3.76. The van der Waals surface area contributed by atoms with Crippen molar-refractivity contribution in [1.82, 2.24) is 0 Å². The highest BCUT2D eigenvalue weighted by atomic mass is 32.2. The fraction of sp³-hybridized carbons (Fsp3) is 0.278. The Bertz CT molecular complexity index is 882. The number of primary sulfonamides is 1. The second-order valence-electron chi connectivity index (χ2n) is 6.69. The van der Waals surface area contributed by atoms with Gasteiger partial charge in [0.05, 0.1) is 17.7 Å². The number of hydrogen-bond acceptors (Lipinski definition) is 4. The summed E-state index contributed by atoms with van der Waals surface area (Å²) < 4.78 is 27.9. The van der Waals surface area contributed by atoms with Crippen molar-refractivity contribution in [2.45, 2.75) is 31.1 Å². The van der Waals surface area contributed by atoms with Crippen molar-refractivity contribution in [3.05, 3.63) is 53.6 Å². The summed E-state index contributed by atoms with van der Waals surface area (Å²) in [6, 6.07) is 11.1. The molecule has 0 unspecified atom stereocenters. The Morgan fingerprint density at radius 2 is 1.68 bits per heavy atom. The SMILES string of the molecule is COc1ccc(C(C)(C)C)cc1NC(=O)c1ccc(S(N)(=O)=O)cc1. The van der Waals surface area contributed by atoms with E-state index >= 15 is 0 Å². The standard InChI is InChI=1S/C18H22N2O4S/c1-18(2,3)13-7-10-16(24-4)15(11-13)20-17(21)12-5-8-14(9-6-12)25(19,22)23/h5-11H,1-4H3,(H,20,21)(H2,19,22,23). The number of ether oxygens (including phenoxy) is 1. The highest BCUT2D eigenvalue weighted by Crippen LogP contribution is 2.31. The Morgan fingerprint density at radius 1 is 1.08 bits per heavy atom. The zero-order chi connectivity index (χ0) is 18.8. The average molecular weight is 362 g/mol. The normalized spacial score (nSPS) is 11.9. The Hall–Kier alpha value is -2.38. The maximum Gasteiger partial charge on any atom is 0.255 e. The summed E-state index contributed by atoms with van der Waals surface area (Å²) in [5.41, 5.74) is 1.84. The number of anilines is 1. The topological polar surface area (TPSA) is 98.5 Å². The molecule has 0 heterocycles. The second kappa shape index (κ2) is 6.85. The van der Waals surface area contributed by atoms with E-state index in [2.05, 4.69) is 26.1 Å². The second-order valence-corrected chi connectivity index (χ2v) is 8.25. The van der Waals surface area contributed by atoms with Gasteiger partial charge in [-0.2, -0.15) is 0 Å². The van der Waals surface area contributed by atoms with Crippen LogP contribution in [0.2, 0.25) is 0 Å². The van der Waals surface area contributed by atoms with Crippen molar-refractivity contribution < 1.29 is 17.9 Å². The molecule has 0 atom stereocenters. The largest absolute Gasteiger partial charge is 0.495 e. The zero-order valence-electron chi connectivity index (χ0n) is 14.7. The molecule has 0 aliphatic carbocycles. The lowest BCUT2D eigenvalue weighted by Crippen LogP contribution is -2.16. The van der Waals surface area contributed by atoms with Crippen LogP contribution in [0.25, 0.3) is 0 Å². The first-order valence-corrected chi connectivity index (χ1v) is 9.20. The number of hydrogen-bond donors (Lipinski definition) is 2. The lowest BCUT2D eigenvalue weighted by molar-refractivity contribution is 0.102. The summed E-state index contributed by atoms with van der Waals surface area (Å²) in [4.78, 5) is 12.4. The Balaban J connectivity index is 2.31. The number of benzene rings is 2. The summed E-state index contributed by atoms with van der Waals surface area (Å²) in [5.74, 6) is 0.174. The summed E-state index contributed by atoms with van der Waals surface area (Å²) in [6.07, 6.45) is 0. The predicted molar refractivity (Wildman–Crippen MR) is 97.5 cm³/mol. The van der Waals surface area contributed by atoms with Gasteiger partial charge in [-0.3, -0.25) is 4.79 Å². The van der Waals surface area contributed by atoms with Crippen LogP contribution in [0.4, 0.5) is 5.69 Å². The smallest absolute Gasteiger partial charge is 0.255 e. The Kier molecular flexibility index (Phi) is 5.20. The Labute approximate surface area is 148 Å². The fourth-order valence-corrected chi connectivity index (χ4v) is 2.78.